The number of rotatable bonds is 6. The van der Waals surface area contributed by atoms with E-state index in [0.29, 0.717) is 18.1 Å². The first kappa shape index (κ1) is 15.5. The third kappa shape index (κ3) is 3.83. The number of hydrogen-bond acceptors (Lipinski definition) is 4. The molecule has 0 atom stereocenters. The third-order valence-corrected chi connectivity index (χ3v) is 4.47. The quantitative estimate of drug-likeness (QED) is 0.880. The molecular weight excluding hydrogens is 290 g/mol. The minimum atomic E-state index is -3.55. The highest BCUT2D eigenvalue weighted by molar-refractivity contribution is 7.89. The lowest BCUT2D eigenvalue weighted by Crippen LogP contribution is -2.23. The molecule has 0 aliphatic rings. The predicted octanol–water partition coefficient (Wildman–Crippen LogP) is 1.61. The van der Waals surface area contributed by atoms with Gasteiger partial charge in [0, 0.05) is 12.7 Å². The van der Waals surface area contributed by atoms with E-state index in [4.69, 9.17) is 4.74 Å². The van der Waals surface area contributed by atoms with Gasteiger partial charge in [-0.25, -0.2) is 13.1 Å². The first-order valence-corrected chi connectivity index (χ1v) is 8.12. The molecule has 0 unspecified atom stereocenters. The van der Waals surface area contributed by atoms with Gasteiger partial charge in [-0.2, -0.15) is 5.10 Å². The molecule has 0 radical (unpaired) electrons. The second kappa shape index (κ2) is 6.28. The zero-order valence-corrected chi connectivity index (χ0v) is 13.1. The van der Waals surface area contributed by atoms with Crippen LogP contribution in [0.25, 0.3) is 0 Å². The lowest BCUT2D eigenvalue weighted by molar-refractivity contribution is 0.340. The second-order valence-electron chi connectivity index (χ2n) is 4.63. The van der Waals surface area contributed by atoms with E-state index in [1.54, 1.807) is 16.8 Å². The maximum Gasteiger partial charge on any atom is 0.240 e. The highest BCUT2D eigenvalue weighted by atomic mass is 32.2. The van der Waals surface area contributed by atoms with Gasteiger partial charge in [-0.1, -0.05) is 0 Å². The highest BCUT2D eigenvalue weighted by Crippen LogP contribution is 2.16. The molecule has 114 valence electrons. The Morgan fingerprint density at radius 3 is 2.48 bits per heavy atom. The molecule has 0 spiro atoms. The number of aromatic nitrogens is 2. The van der Waals surface area contributed by atoms with Crippen LogP contribution < -0.4 is 9.46 Å². The van der Waals surface area contributed by atoms with E-state index in [2.05, 4.69) is 9.82 Å². The Hall–Kier alpha value is -1.86. The van der Waals surface area contributed by atoms with Gasteiger partial charge in [0.05, 0.1) is 23.7 Å². The fraction of sp³-hybridized carbons (Fsp3) is 0.357. The van der Waals surface area contributed by atoms with Crippen molar-refractivity contribution in [2.45, 2.75) is 25.3 Å². The van der Waals surface area contributed by atoms with Gasteiger partial charge in [0.15, 0.2) is 0 Å². The van der Waals surface area contributed by atoms with Crippen LogP contribution >= 0.6 is 0 Å². The Labute approximate surface area is 124 Å². The molecule has 2 aromatic rings. The molecule has 0 fully saturated rings. The number of sulfonamides is 1. The molecule has 0 bridgehead atoms. The van der Waals surface area contributed by atoms with Crippen LogP contribution in [0.4, 0.5) is 0 Å². The van der Waals surface area contributed by atoms with Gasteiger partial charge in [-0.05, 0) is 44.2 Å². The minimum absolute atomic E-state index is 0.164. The molecule has 0 aliphatic heterocycles. The van der Waals surface area contributed by atoms with E-state index < -0.39 is 10.0 Å². The summed E-state index contributed by atoms with van der Waals surface area (Å²) in [7, 11) is -1.73. The van der Waals surface area contributed by atoms with E-state index in [9.17, 15) is 8.42 Å². The number of nitrogens with one attached hydrogen (secondary N) is 1. The third-order valence-electron chi connectivity index (χ3n) is 3.05. The lowest BCUT2D eigenvalue weighted by Gasteiger charge is -2.07. The smallest absolute Gasteiger partial charge is 0.240 e. The maximum absolute atomic E-state index is 12.2. The number of ether oxygens (including phenoxy) is 1. The predicted molar refractivity (Wildman–Crippen MR) is 79.6 cm³/mol. The van der Waals surface area contributed by atoms with E-state index in [1.807, 2.05) is 27.0 Å². The summed E-state index contributed by atoms with van der Waals surface area (Å²) in [6.45, 7) is 4.50. The molecule has 2 rings (SSSR count). The number of aryl methyl sites for hydroxylation is 2. The van der Waals surface area contributed by atoms with Crippen molar-refractivity contribution in [1.29, 1.82) is 0 Å². The first-order chi connectivity index (χ1) is 9.92. The van der Waals surface area contributed by atoms with Crippen molar-refractivity contribution < 1.29 is 13.2 Å². The van der Waals surface area contributed by atoms with E-state index in [-0.39, 0.29) is 11.4 Å². The topological polar surface area (TPSA) is 73.2 Å². The van der Waals surface area contributed by atoms with Crippen molar-refractivity contribution in [3.05, 3.63) is 41.7 Å². The van der Waals surface area contributed by atoms with Crippen LogP contribution in [0.1, 0.15) is 18.3 Å². The van der Waals surface area contributed by atoms with Gasteiger partial charge < -0.3 is 4.74 Å². The lowest BCUT2D eigenvalue weighted by atomic mass is 10.3. The summed E-state index contributed by atoms with van der Waals surface area (Å²) < 4.78 is 33.9. The Balaban J connectivity index is 2.07. The largest absolute Gasteiger partial charge is 0.494 e. The second-order valence-corrected chi connectivity index (χ2v) is 6.40. The van der Waals surface area contributed by atoms with Gasteiger partial charge >= 0.3 is 0 Å². The molecule has 1 heterocycles. The van der Waals surface area contributed by atoms with Gasteiger partial charge in [0.25, 0.3) is 0 Å². The monoisotopic (exact) mass is 309 g/mol. The van der Waals surface area contributed by atoms with Crippen LogP contribution in [0.5, 0.6) is 5.75 Å². The van der Waals surface area contributed by atoms with Crippen LogP contribution in [0.3, 0.4) is 0 Å². The van der Waals surface area contributed by atoms with Crippen molar-refractivity contribution in [1.82, 2.24) is 14.5 Å². The zero-order chi connectivity index (χ0) is 15.5. The summed E-state index contributed by atoms with van der Waals surface area (Å²) >= 11 is 0. The van der Waals surface area contributed by atoms with Crippen molar-refractivity contribution in [3.8, 4) is 5.75 Å². The van der Waals surface area contributed by atoms with E-state index >= 15 is 0 Å². The summed E-state index contributed by atoms with van der Waals surface area (Å²) in [6.07, 6.45) is 0. The molecule has 1 N–H and O–H groups in total. The maximum atomic E-state index is 12.2. The molecule has 0 saturated heterocycles. The van der Waals surface area contributed by atoms with Crippen molar-refractivity contribution >= 4 is 10.0 Å². The standard InChI is InChI=1S/C14H19N3O3S/c1-4-20-13-5-7-14(8-6-13)21(18,19)15-10-12-9-11(2)17(3)16-12/h5-9,15H,4,10H2,1-3H3. The van der Waals surface area contributed by atoms with Gasteiger partial charge in [-0.3, -0.25) is 4.68 Å². The number of nitrogens with zero attached hydrogens (tertiary/aromatic N) is 2. The van der Waals surface area contributed by atoms with Crippen LogP contribution in [-0.4, -0.2) is 24.8 Å². The molecule has 6 nitrogen and oxygen atoms in total. The van der Waals surface area contributed by atoms with Gasteiger partial charge in [0.1, 0.15) is 5.75 Å². The molecular formula is C14H19N3O3S. The van der Waals surface area contributed by atoms with E-state index in [0.717, 1.165) is 5.69 Å². The van der Waals surface area contributed by atoms with Crippen LogP contribution in [0.15, 0.2) is 35.2 Å². The summed E-state index contributed by atoms with van der Waals surface area (Å²) in [5, 5.41) is 4.22. The van der Waals surface area contributed by atoms with Crippen molar-refractivity contribution in [2.75, 3.05) is 6.61 Å². The summed E-state index contributed by atoms with van der Waals surface area (Å²) in [4.78, 5) is 0.207. The van der Waals surface area contributed by atoms with Gasteiger partial charge in [0.2, 0.25) is 10.0 Å². The van der Waals surface area contributed by atoms with Gasteiger partial charge in [-0.15, -0.1) is 0 Å². The van der Waals surface area contributed by atoms with Crippen LogP contribution in [0.2, 0.25) is 0 Å². The molecule has 1 aromatic carbocycles. The minimum Gasteiger partial charge on any atom is -0.494 e. The summed E-state index contributed by atoms with van der Waals surface area (Å²) in [5.74, 6) is 0.650. The molecule has 21 heavy (non-hydrogen) atoms. The Morgan fingerprint density at radius 2 is 1.95 bits per heavy atom. The Bertz CT molecular complexity index is 686. The molecule has 0 amide bonds. The number of hydrogen-bond donors (Lipinski definition) is 1. The average molecular weight is 309 g/mol. The van der Waals surface area contributed by atoms with Crippen LogP contribution in [-0.2, 0) is 23.6 Å². The van der Waals surface area contributed by atoms with Crippen molar-refractivity contribution in [3.63, 3.8) is 0 Å². The summed E-state index contributed by atoms with van der Waals surface area (Å²) in [6, 6.07) is 8.18. The Morgan fingerprint density at radius 1 is 1.29 bits per heavy atom. The van der Waals surface area contributed by atoms with Crippen molar-refractivity contribution in [2.24, 2.45) is 7.05 Å². The fourth-order valence-electron chi connectivity index (χ4n) is 1.86. The number of benzene rings is 1. The Kier molecular flexibility index (Phi) is 4.64. The normalized spacial score (nSPS) is 11.6. The zero-order valence-electron chi connectivity index (χ0n) is 12.3. The molecule has 1 aromatic heterocycles. The molecule has 7 heteroatoms. The average Bonchev–Trinajstić information content (AvgIpc) is 2.77. The molecule has 0 aliphatic carbocycles. The first-order valence-electron chi connectivity index (χ1n) is 6.64. The highest BCUT2D eigenvalue weighted by Gasteiger charge is 2.14. The summed E-state index contributed by atoms with van der Waals surface area (Å²) in [5.41, 5.74) is 1.66. The van der Waals surface area contributed by atoms with E-state index in [1.165, 1.54) is 12.1 Å². The SMILES string of the molecule is CCOc1ccc(S(=O)(=O)NCc2cc(C)n(C)n2)cc1. The van der Waals surface area contributed by atoms with Crippen LogP contribution in [0, 0.1) is 6.92 Å². The molecule has 0 saturated carbocycles. The fourth-order valence-corrected chi connectivity index (χ4v) is 2.85.